The molecule has 1 aromatic heterocycles. The molecule has 0 aliphatic heterocycles. The van der Waals surface area contributed by atoms with Crippen molar-refractivity contribution >= 4 is 0 Å². The molecule has 0 amide bonds. The summed E-state index contributed by atoms with van der Waals surface area (Å²) in [4.78, 5) is 0. The lowest BCUT2D eigenvalue weighted by molar-refractivity contribution is -0.137. The molecule has 2 aromatic carbocycles. The summed E-state index contributed by atoms with van der Waals surface area (Å²) in [5.74, 6) is 0.926. The predicted octanol–water partition coefficient (Wildman–Crippen LogP) is 6.48. The van der Waals surface area contributed by atoms with Gasteiger partial charge in [0.1, 0.15) is 11.5 Å². The number of rotatable bonds is 4. The number of hydrogen-bond donors (Lipinski definition) is 0. The summed E-state index contributed by atoms with van der Waals surface area (Å²) in [5, 5.41) is 4.68. The van der Waals surface area contributed by atoms with Gasteiger partial charge in [0.05, 0.1) is 17.3 Å². The smallest absolute Gasteiger partial charge is 0.416 e. The van der Waals surface area contributed by atoms with Crippen molar-refractivity contribution < 1.29 is 17.9 Å². The predicted molar refractivity (Wildman–Crippen MR) is 96.7 cm³/mol. The van der Waals surface area contributed by atoms with Gasteiger partial charge in [-0.05, 0) is 67.4 Å². The zero-order valence-corrected chi connectivity index (χ0v) is 14.6. The fourth-order valence-electron chi connectivity index (χ4n) is 3.41. The van der Waals surface area contributed by atoms with Gasteiger partial charge in [0.15, 0.2) is 0 Å². The summed E-state index contributed by atoms with van der Waals surface area (Å²) in [6.07, 6.45) is 2.56. The fourth-order valence-corrected chi connectivity index (χ4v) is 3.41. The van der Waals surface area contributed by atoms with Gasteiger partial charge in [-0.15, -0.1) is 0 Å². The molecular formula is C21H19F3N2O. The molecule has 0 spiro atoms. The maximum Gasteiger partial charge on any atom is 0.416 e. The number of ether oxygens (including phenoxy) is 1. The van der Waals surface area contributed by atoms with Crippen molar-refractivity contribution in [3.63, 3.8) is 0 Å². The first-order valence-corrected chi connectivity index (χ1v) is 9.00. The average molecular weight is 372 g/mol. The van der Waals surface area contributed by atoms with E-state index < -0.39 is 11.7 Å². The molecule has 27 heavy (non-hydrogen) atoms. The molecule has 1 fully saturated rings. The summed E-state index contributed by atoms with van der Waals surface area (Å²) in [6.45, 7) is 0. The topological polar surface area (TPSA) is 27.1 Å². The summed E-state index contributed by atoms with van der Waals surface area (Å²) < 4.78 is 45.5. The zero-order valence-electron chi connectivity index (χ0n) is 14.6. The lowest BCUT2D eigenvalue weighted by atomic mass is 10.1. The monoisotopic (exact) mass is 372 g/mol. The first kappa shape index (κ1) is 17.6. The summed E-state index contributed by atoms with van der Waals surface area (Å²) in [5.41, 5.74) is 1.19. The fraction of sp³-hybridized carbons (Fsp3) is 0.286. The number of alkyl halides is 3. The van der Waals surface area contributed by atoms with Crippen LogP contribution in [-0.2, 0) is 6.18 Å². The van der Waals surface area contributed by atoms with E-state index in [1.54, 1.807) is 12.1 Å². The van der Waals surface area contributed by atoms with Crippen LogP contribution >= 0.6 is 0 Å². The number of hydrogen-bond acceptors (Lipinski definition) is 2. The van der Waals surface area contributed by atoms with E-state index in [1.807, 2.05) is 24.4 Å². The third-order valence-corrected chi connectivity index (χ3v) is 4.87. The van der Waals surface area contributed by atoms with Crippen LogP contribution in [0.3, 0.4) is 0 Å². The highest BCUT2D eigenvalue weighted by atomic mass is 19.4. The van der Waals surface area contributed by atoms with Crippen LogP contribution in [0.4, 0.5) is 13.2 Å². The molecule has 140 valence electrons. The van der Waals surface area contributed by atoms with Crippen LogP contribution < -0.4 is 4.74 Å². The first-order chi connectivity index (χ1) is 13.0. The Morgan fingerprint density at radius 1 is 0.852 bits per heavy atom. The van der Waals surface area contributed by atoms with Gasteiger partial charge in [0.2, 0.25) is 0 Å². The quantitative estimate of drug-likeness (QED) is 0.524. The van der Waals surface area contributed by atoms with E-state index in [-0.39, 0.29) is 0 Å². The van der Waals surface area contributed by atoms with Crippen molar-refractivity contribution in [1.29, 1.82) is 0 Å². The van der Waals surface area contributed by atoms with Crippen molar-refractivity contribution in [3.8, 4) is 22.8 Å². The second kappa shape index (κ2) is 7.10. The van der Waals surface area contributed by atoms with Crippen molar-refractivity contribution in [2.75, 3.05) is 0 Å². The van der Waals surface area contributed by atoms with Crippen LogP contribution in [-0.4, -0.2) is 9.78 Å². The maximum atomic E-state index is 12.6. The molecule has 0 unspecified atom stereocenters. The average Bonchev–Trinajstić information content (AvgIpc) is 3.34. The summed E-state index contributed by atoms with van der Waals surface area (Å²) in [7, 11) is 0. The first-order valence-electron chi connectivity index (χ1n) is 9.00. The van der Waals surface area contributed by atoms with Gasteiger partial charge in [-0.1, -0.05) is 12.8 Å². The highest BCUT2D eigenvalue weighted by Gasteiger charge is 2.30. The zero-order chi connectivity index (χ0) is 18.9. The van der Waals surface area contributed by atoms with Crippen molar-refractivity contribution in [3.05, 3.63) is 66.4 Å². The Morgan fingerprint density at radius 3 is 2.04 bits per heavy atom. The Kier molecular flexibility index (Phi) is 4.64. The molecule has 0 bridgehead atoms. The Bertz CT molecular complexity index is 892. The van der Waals surface area contributed by atoms with E-state index in [4.69, 9.17) is 4.74 Å². The summed E-state index contributed by atoms with van der Waals surface area (Å²) in [6, 6.07) is 14.6. The van der Waals surface area contributed by atoms with E-state index in [9.17, 15) is 13.2 Å². The van der Waals surface area contributed by atoms with Crippen LogP contribution in [0.15, 0.2) is 60.8 Å². The minimum absolute atomic E-state index is 0.362. The second-order valence-corrected chi connectivity index (χ2v) is 6.77. The summed E-state index contributed by atoms with van der Waals surface area (Å²) >= 11 is 0. The largest absolute Gasteiger partial charge is 0.457 e. The minimum Gasteiger partial charge on any atom is -0.457 e. The molecular weight excluding hydrogens is 353 g/mol. The normalized spacial score (nSPS) is 15.2. The van der Waals surface area contributed by atoms with Crippen LogP contribution in [0.1, 0.15) is 37.3 Å². The van der Waals surface area contributed by atoms with Gasteiger partial charge < -0.3 is 4.74 Å². The Hall–Kier alpha value is -2.76. The molecule has 1 aliphatic carbocycles. The molecule has 0 atom stereocenters. The van der Waals surface area contributed by atoms with Crippen LogP contribution in [0.25, 0.3) is 11.3 Å². The molecule has 6 heteroatoms. The molecule has 3 aromatic rings. The number of nitrogens with zero attached hydrogens (tertiary/aromatic N) is 2. The lowest BCUT2D eigenvalue weighted by Crippen LogP contribution is -2.04. The third-order valence-electron chi connectivity index (χ3n) is 4.87. The van der Waals surface area contributed by atoms with Gasteiger partial charge in [0.25, 0.3) is 0 Å². The Labute approximate surface area is 155 Å². The van der Waals surface area contributed by atoms with E-state index in [0.29, 0.717) is 17.5 Å². The maximum absolute atomic E-state index is 12.6. The molecule has 4 rings (SSSR count). The van der Waals surface area contributed by atoms with E-state index >= 15 is 0 Å². The molecule has 1 heterocycles. The van der Waals surface area contributed by atoms with E-state index in [1.165, 1.54) is 37.8 Å². The van der Waals surface area contributed by atoms with Crippen molar-refractivity contribution in [1.82, 2.24) is 9.78 Å². The molecule has 1 aliphatic rings. The number of aromatic nitrogens is 2. The SMILES string of the molecule is FC(F)(F)c1ccc(Oc2ccc(-c3ccn(C4CCCC4)n3)cc2)cc1. The number of halogens is 3. The highest BCUT2D eigenvalue weighted by Crippen LogP contribution is 2.32. The van der Waals surface area contributed by atoms with E-state index in [0.717, 1.165) is 23.4 Å². The standard InChI is InChI=1S/C21H19F3N2O/c22-21(23,24)16-7-11-19(12-8-16)27-18-9-5-15(6-10-18)20-13-14-26(25-20)17-3-1-2-4-17/h5-14,17H,1-4H2. The van der Waals surface area contributed by atoms with Gasteiger partial charge in [-0.25, -0.2) is 0 Å². The minimum atomic E-state index is -4.35. The Balaban J connectivity index is 1.44. The molecule has 3 nitrogen and oxygen atoms in total. The third kappa shape index (κ3) is 3.99. The Morgan fingerprint density at radius 2 is 1.44 bits per heavy atom. The molecule has 0 N–H and O–H groups in total. The van der Waals surface area contributed by atoms with E-state index in [2.05, 4.69) is 9.78 Å². The van der Waals surface area contributed by atoms with Crippen LogP contribution in [0.5, 0.6) is 11.5 Å². The van der Waals surface area contributed by atoms with Gasteiger partial charge in [0, 0.05) is 11.8 Å². The van der Waals surface area contributed by atoms with Crippen LogP contribution in [0, 0.1) is 0 Å². The number of benzene rings is 2. The van der Waals surface area contributed by atoms with Gasteiger partial charge >= 0.3 is 6.18 Å². The van der Waals surface area contributed by atoms with Crippen LogP contribution in [0.2, 0.25) is 0 Å². The second-order valence-electron chi connectivity index (χ2n) is 6.77. The van der Waals surface area contributed by atoms with Gasteiger partial charge in [-0.3, -0.25) is 4.68 Å². The molecule has 1 saturated carbocycles. The highest BCUT2D eigenvalue weighted by molar-refractivity contribution is 5.59. The molecule has 0 radical (unpaired) electrons. The molecule has 0 saturated heterocycles. The van der Waals surface area contributed by atoms with Crippen molar-refractivity contribution in [2.24, 2.45) is 0 Å². The van der Waals surface area contributed by atoms with Crippen molar-refractivity contribution in [2.45, 2.75) is 37.9 Å². The van der Waals surface area contributed by atoms with Gasteiger partial charge in [-0.2, -0.15) is 18.3 Å². The lowest BCUT2D eigenvalue weighted by Gasteiger charge is -2.10.